The molecule has 118 valence electrons. The number of benzene rings is 2. The number of nitrogens with zero attached hydrogens (tertiary/aromatic N) is 1. The van der Waals surface area contributed by atoms with Gasteiger partial charge in [-0.3, -0.25) is 9.59 Å². The van der Waals surface area contributed by atoms with E-state index < -0.39 is 5.41 Å². The summed E-state index contributed by atoms with van der Waals surface area (Å²) in [4.78, 5) is 27.6. The van der Waals surface area contributed by atoms with Crippen LogP contribution in [0.2, 0.25) is 0 Å². The number of Topliss-reactive ketones (excluding diaryl/α,β-unsaturated/α-hetero) is 1. The molecule has 23 heavy (non-hydrogen) atoms. The minimum absolute atomic E-state index is 0.0880. The van der Waals surface area contributed by atoms with Gasteiger partial charge in [0.25, 0.3) is 0 Å². The summed E-state index contributed by atoms with van der Waals surface area (Å²) < 4.78 is 0. The summed E-state index contributed by atoms with van der Waals surface area (Å²) >= 11 is 0. The van der Waals surface area contributed by atoms with E-state index >= 15 is 0 Å². The van der Waals surface area contributed by atoms with Gasteiger partial charge in [-0.25, -0.2) is 0 Å². The molecule has 1 atom stereocenters. The summed E-state index contributed by atoms with van der Waals surface area (Å²) in [5.41, 5.74) is 2.76. The summed E-state index contributed by atoms with van der Waals surface area (Å²) in [5, 5.41) is 0. The summed E-state index contributed by atoms with van der Waals surface area (Å²) in [6, 6.07) is 15.2. The lowest BCUT2D eigenvalue weighted by Crippen LogP contribution is -2.38. The Hall–Kier alpha value is -2.42. The molecule has 0 unspecified atom stereocenters. The fourth-order valence-corrected chi connectivity index (χ4v) is 3.31. The Morgan fingerprint density at radius 3 is 2.26 bits per heavy atom. The number of ketones is 1. The average Bonchev–Trinajstić information content (AvgIpc) is 2.83. The number of hydrogen-bond donors (Lipinski definition) is 0. The van der Waals surface area contributed by atoms with Gasteiger partial charge in [-0.2, -0.15) is 0 Å². The Bertz CT molecular complexity index is 746. The van der Waals surface area contributed by atoms with Gasteiger partial charge in [0.15, 0.2) is 5.78 Å². The Labute approximate surface area is 136 Å². The first-order valence-electron chi connectivity index (χ1n) is 7.92. The molecule has 1 aliphatic rings. The molecule has 1 aliphatic heterocycles. The Morgan fingerprint density at radius 2 is 1.65 bits per heavy atom. The van der Waals surface area contributed by atoms with Gasteiger partial charge in [-0.05, 0) is 50.5 Å². The molecule has 3 heteroatoms. The zero-order chi connectivity index (χ0) is 16.6. The lowest BCUT2D eigenvalue weighted by Gasteiger charge is -2.23. The van der Waals surface area contributed by atoms with Gasteiger partial charge in [-0.15, -0.1) is 0 Å². The van der Waals surface area contributed by atoms with Crippen LogP contribution in [0, 0.1) is 19.3 Å². The smallest absolute Gasteiger partial charge is 0.240 e. The highest BCUT2D eigenvalue weighted by Crippen LogP contribution is 2.37. The Morgan fingerprint density at radius 1 is 1.04 bits per heavy atom. The lowest BCUT2D eigenvalue weighted by molar-refractivity contribution is -0.122. The van der Waals surface area contributed by atoms with E-state index in [-0.39, 0.29) is 11.7 Å². The van der Waals surface area contributed by atoms with Gasteiger partial charge in [0.2, 0.25) is 5.91 Å². The van der Waals surface area contributed by atoms with E-state index in [0.29, 0.717) is 18.5 Å². The van der Waals surface area contributed by atoms with Crippen molar-refractivity contribution in [1.29, 1.82) is 0 Å². The van der Waals surface area contributed by atoms with Crippen LogP contribution >= 0.6 is 0 Å². The van der Waals surface area contributed by atoms with Gasteiger partial charge < -0.3 is 4.90 Å². The first-order valence-corrected chi connectivity index (χ1v) is 7.92. The number of amides is 1. The number of hydrogen-bond acceptors (Lipinski definition) is 2. The lowest BCUT2D eigenvalue weighted by atomic mass is 9.81. The molecule has 1 fully saturated rings. The number of anilines is 1. The molecular formula is C20H21NO2. The third kappa shape index (κ3) is 2.67. The van der Waals surface area contributed by atoms with E-state index in [1.165, 1.54) is 0 Å². The Balaban J connectivity index is 1.93. The number of carbonyl (C=O) groups is 2. The molecule has 3 rings (SSSR count). The van der Waals surface area contributed by atoms with Gasteiger partial charge in [0.05, 0.1) is 0 Å². The fourth-order valence-electron chi connectivity index (χ4n) is 3.31. The molecule has 3 nitrogen and oxygen atoms in total. The highest BCUT2D eigenvalue weighted by Gasteiger charge is 2.49. The molecular weight excluding hydrogens is 286 g/mol. The molecule has 1 amide bonds. The minimum Gasteiger partial charge on any atom is -0.311 e. The maximum Gasteiger partial charge on any atom is 0.240 e. The van der Waals surface area contributed by atoms with Crippen LogP contribution in [-0.4, -0.2) is 18.2 Å². The van der Waals surface area contributed by atoms with Crippen molar-refractivity contribution in [3.8, 4) is 0 Å². The molecule has 0 aromatic heterocycles. The summed E-state index contributed by atoms with van der Waals surface area (Å²) in [6.07, 6.45) is 0.548. The third-order valence-electron chi connectivity index (χ3n) is 4.61. The second kappa shape index (κ2) is 5.65. The maximum absolute atomic E-state index is 13.0. The second-order valence-electron chi connectivity index (χ2n) is 6.58. The van der Waals surface area contributed by atoms with Crippen LogP contribution in [0.4, 0.5) is 5.69 Å². The highest BCUT2D eigenvalue weighted by molar-refractivity contribution is 6.19. The van der Waals surface area contributed by atoms with E-state index in [4.69, 9.17) is 0 Å². The number of aryl methyl sites for hydroxylation is 2. The molecule has 0 aliphatic carbocycles. The van der Waals surface area contributed by atoms with E-state index in [9.17, 15) is 9.59 Å². The molecule has 1 saturated heterocycles. The van der Waals surface area contributed by atoms with Gasteiger partial charge in [-0.1, -0.05) is 36.4 Å². The van der Waals surface area contributed by atoms with Crippen LogP contribution in [-0.2, 0) is 4.79 Å². The molecule has 1 heterocycles. The van der Waals surface area contributed by atoms with Gasteiger partial charge >= 0.3 is 0 Å². The quantitative estimate of drug-likeness (QED) is 0.636. The molecule has 0 N–H and O–H groups in total. The van der Waals surface area contributed by atoms with Crippen LogP contribution < -0.4 is 4.90 Å². The van der Waals surface area contributed by atoms with Crippen LogP contribution in [0.5, 0.6) is 0 Å². The molecule has 0 spiro atoms. The predicted octanol–water partition coefficient (Wildman–Crippen LogP) is 3.93. The molecule has 0 radical (unpaired) electrons. The van der Waals surface area contributed by atoms with Crippen LogP contribution in [0.15, 0.2) is 48.5 Å². The van der Waals surface area contributed by atoms with Crippen molar-refractivity contribution in [2.24, 2.45) is 5.41 Å². The SMILES string of the molecule is Cc1cc(C)cc(N2CC[C@@](C)(C(=O)c3ccccc3)C2=O)c1. The molecule has 2 aromatic rings. The predicted molar refractivity (Wildman–Crippen MR) is 91.8 cm³/mol. The van der Waals surface area contributed by atoms with Crippen LogP contribution in [0.3, 0.4) is 0 Å². The number of rotatable bonds is 3. The van der Waals surface area contributed by atoms with Crippen molar-refractivity contribution in [2.75, 3.05) is 11.4 Å². The Kier molecular flexibility index (Phi) is 3.80. The molecule has 0 saturated carbocycles. The summed E-state index contributed by atoms with van der Waals surface area (Å²) in [6.45, 7) is 6.39. The summed E-state index contributed by atoms with van der Waals surface area (Å²) in [7, 11) is 0. The van der Waals surface area contributed by atoms with E-state index in [1.54, 1.807) is 24.0 Å². The fraction of sp³-hybridized carbons (Fsp3) is 0.300. The minimum atomic E-state index is -0.973. The van der Waals surface area contributed by atoms with E-state index in [2.05, 4.69) is 6.07 Å². The largest absolute Gasteiger partial charge is 0.311 e. The standard InChI is InChI=1S/C20H21NO2/c1-14-11-15(2)13-17(12-14)21-10-9-20(3,19(21)23)18(22)16-7-5-4-6-8-16/h4-8,11-13H,9-10H2,1-3H3/t20-/m0/s1. The first-order chi connectivity index (χ1) is 10.9. The van der Waals surface area contributed by atoms with Crippen molar-refractivity contribution in [3.05, 3.63) is 65.2 Å². The number of carbonyl (C=O) groups excluding carboxylic acids is 2. The topological polar surface area (TPSA) is 37.4 Å². The second-order valence-corrected chi connectivity index (χ2v) is 6.58. The normalized spacial score (nSPS) is 20.8. The van der Waals surface area contributed by atoms with Gasteiger partial charge in [0, 0.05) is 17.8 Å². The zero-order valence-corrected chi connectivity index (χ0v) is 13.8. The average molecular weight is 307 g/mol. The zero-order valence-electron chi connectivity index (χ0n) is 13.8. The van der Waals surface area contributed by atoms with Crippen LogP contribution in [0.25, 0.3) is 0 Å². The van der Waals surface area contributed by atoms with E-state index in [0.717, 1.165) is 16.8 Å². The first kappa shape index (κ1) is 15.5. The van der Waals surface area contributed by atoms with Crippen molar-refractivity contribution >= 4 is 17.4 Å². The van der Waals surface area contributed by atoms with Crippen LogP contribution in [0.1, 0.15) is 34.8 Å². The van der Waals surface area contributed by atoms with Crippen molar-refractivity contribution in [1.82, 2.24) is 0 Å². The molecule has 2 aromatic carbocycles. The van der Waals surface area contributed by atoms with E-state index in [1.807, 2.05) is 44.2 Å². The van der Waals surface area contributed by atoms with Gasteiger partial charge in [0.1, 0.15) is 5.41 Å². The molecule has 0 bridgehead atoms. The van der Waals surface area contributed by atoms with Crippen molar-refractivity contribution in [3.63, 3.8) is 0 Å². The summed E-state index contributed by atoms with van der Waals surface area (Å²) in [5.74, 6) is -0.189. The van der Waals surface area contributed by atoms with Crippen molar-refractivity contribution < 1.29 is 9.59 Å². The monoisotopic (exact) mass is 307 g/mol. The third-order valence-corrected chi connectivity index (χ3v) is 4.61. The highest BCUT2D eigenvalue weighted by atomic mass is 16.2. The van der Waals surface area contributed by atoms with Crippen molar-refractivity contribution in [2.45, 2.75) is 27.2 Å². The maximum atomic E-state index is 13.0.